The Morgan fingerprint density at radius 2 is 2.67 bits per heavy atom. The normalized spacial score (nSPS) is 33.2. The van der Waals surface area contributed by atoms with Crippen LogP contribution in [0.25, 0.3) is 0 Å². The van der Waals surface area contributed by atoms with Crippen molar-refractivity contribution in [2.75, 3.05) is 4.43 Å². The molecule has 0 aromatic rings. The van der Waals surface area contributed by atoms with E-state index in [1.807, 2.05) is 0 Å². The molecule has 0 spiro atoms. The van der Waals surface area contributed by atoms with Crippen molar-refractivity contribution in [3.63, 3.8) is 0 Å². The first-order valence-corrected chi connectivity index (χ1v) is 4.91. The van der Waals surface area contributed by atoms with Crippen LogP contribution in [-0.4, -0.2) is 4.43 Å². The Bertz CT molecular complexity index is 66.3. The van der Waals surface area contributed by atoms with Gasteiger partial charge in [0.25, 0.3) is 0 Å². The molecule has 0 bridgehead atoms. The van der Waals surface area contributed by atoms with Gasteiger partial charge in [0, 0.05) is 0 Å². The molecule has 0 unspecified atom stereocenters. The molecule has 0 radical (unpaired) electrons. The number of allylic oxidation sites excluding steroid dienone is 1. The number of hydrogen-bond donors (Lipinski definition) is 0. The summed E-state index contributed by atoms with van der Waals surface area (Å²) < 4.78 is 3.85. The zero-order valence-corrected chi connectivity index (χ0v) is 5.97. The minimum atomic E-state index is 0.521. The molecular formula is C5H8I-. The molecule has 1 atom stereocenters. The van der Waals surface area contributed by atoms with E-state index in [0.29, 0.717) is 21.2 Å². The third-order valence-corrected chi connectivity index (χ3v) is 3.64. The van der Waals surface area contributed by atoms with Crippen molar-refractivity contribution < 1.29 is 21.2 Å². The molecule has 1 aliphatic rings. The summed E-state index contributed by atoms with van der Waals surface area (Å²) in [6.07, 6.45) is 2.33. The van der Waals surface area contributed by atoms with Crippen LogP contribution in [0.5, 0.6) is 0 Å². The zero-order valence-electron chi connectivity index (χ0n) is 3.82. The fourth-order valence-electron chi connectivity index (χ4n) is 0.419. The Kier molecular flexibility index (Phi) is 1.51. The minimum absolute atomic E-state index is 0.521. The van der Waals surface area contributed by atoms with E-state index in [-0.39, 0.29) is 0 Å². The number of rotatable bonds is 0. The van der Waals surface area contributed by atoms with Crippen molar-refractivity contribution in [3.05, 3.63) is 10.2 Å². The van der Waals surface area contributed by atoms with E-state index in [0.717, 1.165) is 5.92 Å². The summed E-state index contributed by atoms with van der Waals surface area (Å²) >= 11 is 0.521. The van der Waals surface area contributed by atoms with E-state index in [9.17, 15) is 0 Å². The van der Waals surface area contributed by atoms with Crippen LogP contribution in [-0.2, 0) is 0 Å². The van der Waals surface area contributed by atoms with Gasteiger partial charge >= 0.3 is 48.6 Å². The van der Waals surface area contributed by atoms with E-state index >= 15 is 0 Å². The summed E-state index contributed by atoms with van der Waals surface area (Å²) in [7, 11) is 0. The van der Waals surface area contributed by atoms with Crippen LogP contribution in [0, 0.1) is 5.92 Å². The van der Waals surface area contributed by atoms with Gasteiger partial charge < -0.3 is 0 Å². The molecule has 0 fully saturated rings. The second kappa shape index (κ2) is 1.96. The van der Waals surface area contributed by atoms with Crippen LogP contribution >= 0.6 is 0 Å². The second-order valence-corrected chi connectivity index (χ2v) is 4.09. The quantitative estimate of drug-likeness (QED) is 0.317. The Morgan fingerprint density at radius 1 is 1.83 bits per heavy atom. The second-order valence-electron chi connectivity index (χ2n) is 1.60. The average Bonchev–Trinajstić information content (AvgIpc) is 1.86. The summed E-state index contributed by atoms with van der Waals surface area (Å²) in [5, 5.41) is 0. The molecule has 36 valence electrons. The van der Waals surface area contributed by atoms with Crippen molar-refractivity contribution in [3.8, 4) is 0 Å². The third-order valence-electron chi connectivity index (χ3n) is 0.823. The van der Waals surface area contributed by atoms with E-state index in [2.05, 4.69) is 17.1 Å². The van der Waals surface area contributed by atoms with Crippen LogP contribution in [0.2, 0.25) is 0 Å². The van der Waals surface area contributed by atoms with Gasteiger partial charge in [-0.25, -0.2) is 0 Å². The van der Waals surface area contributed by atoms with E-state index < -0.39 is 0 Å². The molecule has 0 aliphatic carbocycles. The molecule has 0 saturated carbocycles. The fourth-order valence-corrected chi connectivity index (χ4v) is 2.81. The maximum atomic E-state index is 2.36. The first-order valence-electron chi connectivity index (χ1n) is 2.14. The van der Waals surface area contributed by atoms with Gasteiger partial charge in [0.1, 0.15) is 0 Å². The van der Waals surface area contributed by atoms with Gasteiger partial charge in [-0.15, -0.1) is 0 Å². The van der Waals surface area contributed by atoms with Gasteiger partial charge in [-0.2, -0.15) is 0 Å². The summed E-state index contributed by atoms with van der Waals surface area (Å²) in [5.74, 6) is 0.915. The van der Waals surface area contributed by atoms with Crippen LogP contribution in [0.1, 0.15) is 6.92 Å². The van der Waals surface area contributed by atoms with Crippen LogP contribution < -0.4 is 21.2 Å². The zero-order chi connectivity index (χ0) is 4.41. The first kappa shape index (κ1) is 4.62. The fraction of sp³-hybridized carbons (Fsp3) is 0.600. The van der Waals surface area contributed by atoms with Crippen molar-refractivity contribution in [2.45, 2.75) is 6.92 Å². The molecule has 0 saturated heterocycles. The molecule has 1 heterocycles. The topological polar surface area (TPSA) is 0 Å². The SMILES string of the molecule is C[C@H]1C=C[I-]C1. The van der Waals surface area contributed by atoms with Crippen LogP contribution in [0.15, 0.2) is 10.2 Å². The molecule has 0 amide bonds. The van der Waals surface area contributed by atoms with Crippen molar-refractivity contribution >= 4 is 0 Å². The molecule has 1 aliphatic heterocycles. The Balaban J connectivity index is 2.38. The maximum absolute atomic E-state index is 2.36. The third kappa shape index (κ3) is 0.965. The van der Waals surface area contributed by atoms with Gasteiger partial charge in [0.05, 0.1) is 0 Å². The summed E-state index contributed by atoms with van der Waals surface area (Å²) in [4.78, 5) is 0. The summed E-state index contributed by atoms with van der Waals surface area (Å²) in [6.45, 7) is 2.28. The van der Waals surface area contributed by atoms with E-state index in [4.69, 9.17) is 0 Å². The first-order chi connectivity index (χ1) is 2.89. The van der Waals surface area contributed by atoms with Crippen molar-refractivity contribution in [1.29, 1.82) is 0 Å². The van der Waals surface area contributed by atoms with Gasteiger partial charge in [-0.3, -0.25) is 0 Å². The van der Waals surface area contributed by atoms with Gasteiger partial charge in [0.15, 0.2) is 0 Å². The number of hydrogen-bond acceptors (Lipinski definition) is 0. The summed E-state index contributed by atoms with van der Waals surface area (Å²) in [6, 6.07) is 0. The Hall–Kier alpha value is 0.470. The number of halogens is 1. The van der Waals surface area contributed by atoms with E-state index in [1.165, 1.54) is 4.43 Å². The molecule has 0 aromatic heterocycles. The molecule has 0 nitrogen and oxygen atoms in total. The van der Waals surface area contributed by atoms with Gasteiger partial charge in [0.2, 0.25) is 0 Å². The summed E-state index contributed by atoms with van der Waals surface area (Å²) in [5.41, 5.74) is 0. The van der Waals surface area contributed by atoms with Crippen molar-refractivity contribution in [1.82, 2.24) is 0 Å². The number of alkyl halides is 1. The van der Waals surface area contributed by atoms with Crippen LogP contribution in [0.4, 0.5) is 0 Å². The van der Waals surface area contributed by atoms with Crippen LogP contribution in [0.3, 0.4) is 0 Å². The van der Waals surface area contributed by atoms with E-state index in [1.54, 1.807) is 0 Å². The monoisotopic (exact) mass is 195 g/mol. The molecule has 0 aromatic carbocycles. The average molecular weight is 195 g/mol. The molecule has 0 N–H and O–H groups in total. The van der Waals surface area contributed by atoms with Gasteiger partial charge in [-0.05, 0) is 0 Å². The molecular weight excluding hydrogens is 187 g/mol. The molecule has 1 heteroatoms. The Morgan fingerprint density at radius 3 is 2.83 bits per heavy atom. The predicted molar refractivity (Wildman–Crippen MR) is 23.2 cm³/mol. The Labute approximate surface area is 48.9 Å². The molecule has 1 rings (SSSR count). The van der Waals surface area contributed by atoms with Crippen molar-refractivity contribution in [2.24, 2.45) is 5.92 Å². The standard InChI is InChI=1S/C5H8I/c1-5-2-3-6-4-5/h2-3,5H,4H2,1H3/q-1/t5-/m0/s1. The molecule has 6 heavy (non-hydrogen) atoms. The van der Waals surface area contributed by atoms with Gasteiger partial charge in [-0.1, -0.05) is 0 Å². The predicted octanol–water partition coefficient (Wildman–Crippen LogP) is -1.76.